The molecule has 0 fully saturated rings. The average Bonchev–Trinajstić information content (AvgIpc) is 2.31. The van der Waals surface area contributed by atoms with Crippen LogP contribution in [0.1, 0.15) is 34.1 Å². The summed E-state index contributed by atoms with van der Waals surface area (Å²) in [6.07, 6.45) is 0.708. The maximum atomic E-state index is 11.2. The Hall–Kier alpha value is -1.71. The van der Waals surface area contributed by atoms with Gasteiger partial charge in [0.25, 0.3) is 0 Å². The van der Waals surface area contributed by atoms with Gasteiger partial charge in [-0.2, -0.15) is 0 Å². The van der Waals surface area contributed by atoms with Crippen LogP contribution in [-0.4, -0.2) is 18.7 Å². The number of benzene rings is 1. The summed E-state index contributed by atoms with van der Waals surface area (Å²) in [6.45, 7) is 8.75. The SMILES string of the molecule is CCOC(=O)Nc1ccc(NC(C)CC(C)C)cc1. The first-order chi connectivity index (χ1) is 9.01. The summed E-state index contributed by atoms with van der Waals surface area (Å²) in [7, 11) is 0. The van der Waals surface area contributed by atoms with Gasteiger partial charge in [-0.1, -0.05) is 13.8 Å². The lowest BCUT2D eigenvalue weighted by atomic mass is 10.1. The Labute approximate surface area is 115 Å². The number of carbonyl (C=O) groups is 1. The van der Waals surface area contributed by atoms with Crippen LogP contribution in [0.4, 0.5) is 16.2 Å². The summed E-state index contributed by atoms with van der Waals surface area (Å²) in [5.41, 5.74) is 1.79. The smallest absolute Gasteiger partial charge is 0.411 e. The molecule has 0 aliphatic rings. The highest BCUT2D eigenvalue weighted by atomic mass is 16.5. The van der Waals surface area contributed by atoms with Crippen LogP contribution < -0.4 is 10.6 Å². The Morgan fingerprint density at radius 2 is 1.74 bits per heavy atom. The van der Waals surface area contributed by atoms with Crippen LogP contribution in [0.3, 0.4) is 0 Å². The molecule has 0 aliphatic carbocycles. The van der Waals surface area contributed by atoms with E-state index in [9.17, 15) is 4.79 Å². The molecule has 106 valence electrons. The van der Waals surface area contributed by atoms with Gasteiger partial charge >= 0.3 is 6.09 Å². The van der Waals surface area contributed by atoms with Gasteiger partial charge in [0, 0.05) is 17.4 Å². The van der Waals surface area contributed by atoms with Crippen molar-refractivity contribution in [1.82, 2.24) is 0 Å². The molecule has 0 saturated carbocycles. The second-order valence-electron chi connectivity index (χ2n) is 5.10. The van der Waals surface area contributed by atoms with Gasteiger partial charge in [-0.05, 0) is 50.5 Å². The molecule has 0 aromatic heterocycles. The van der Waals surface area contributed by atoms with Gasteiger partial charge in [0.05, 0.1) is 6.61 Å². The van der Waals surface area contributed by atoms with Crippen molar-refractivity contribution in [2.75, 3.05) is 17.2 Å². The molecule has 0 heterocycles. The number of amides is 1. The number of rotatable bonds is 6. The lowest BCUT2D eigenvalue weighted by Crippen LogP contribution is -2.17. The number of hydrogen-bond donors (Lipinski definition) is 2. The molecule has 0 bridgehead atoms. The molecule has 2 N–H and O–H groups in total. The van der Waals surface area contributed by atoms with E-state index in [-0.39, 0.29) is 0 Å². The van der Waals surface area contributed by atoms with E-state index >= 15 is 0 Å². The molecule has 1 atom stereocenters. The number of anilines is 2. The first-order valence-corrected chi connectivity index (χ1v) is 6.81. The van der Waals surface area contributed by atoms with Crippen molar-refractivity contribution in [3.8, 4) is 0 Å². The molecule has 1 amide bonds. The standard InChI is InChI=1S/C15H24N2O2/c1-5-19-15(18)17-14-8-6-13(7-9-14)16-12(4)10-11(2)3/h6-9,11-12,16H,5,10H2,1-4H3,(H,17,18). The fraction of sp³-hybridized carbons (Fsp3) is 0.533. The zero-order valence-electron chi connectivity index (χ0n) is 12.2. The highest BCUT2D eigenvalue weighted by Crippen LogP contribution is 2.16. The highest BCUT2D eigenvalue weighted by molar-refractivity contribution is 5.84. The van der Waals surface area contributed by atoms with Crippen LogP contribution in [0.5, 0.6) is 0 Å². The van der Waals surface area contributed by atoms with Gasteiger partial charge in [-0.15, -0.1) is 0 Å². The molecule has 4 heteroatoms. The van der Waals surface area contributed by atoms with E-state index in [0.717, 1.165) is 17.8 Å². The van der Waals surface area contributed by atoms with Gasteiger partial charge in [0.2, 0.25) is 0 Å². The Balaban J connectivity index is 2.49. The molecule has 1 aromatic carbocycles. The number of nitrogens with one attached hydrogen (secondary N) is 2. The maximum Gasteiger partial charge on any atom is 0.411 e. The van der Waals surface area contributed by atoms with Gasteiger partial charge < -0.3 is 10.1 Å². The summed E-state index contributed by atoms with van der Waals surface area (Å²) < 4.78 is 4.82. The monoisotopic (exact) mass is 264 g/mol. The quantitative estimate of drug-likeness (QED) is 0.813. The summed E-state index contributed by atoms with van der Waals surface area (Å²) in [5.74, 6) is 0.673. The second-order valence-corrected chi connectivity index (χ2v) is 5.10. The van der Waals surface area contributed by atoms with Gasteiger partial charge in [-0.3, -0.25) is 5.32 Å². The van der Waals surface area contributed by atoms with E-state index < -0.39 is 6.09 Å². The van der Waals surface area contributed by atoms with E-state index in [1.165, 1.54) is 0 Å². The third-order valence-corrected chi connectivity index (χ3v) is 2.64. The molecule has 0 spiro atoms. The first kappa shape index (κ1) is 15.3. The molecule has 1 rings (SSSR count). The molecule has 0 aliphatic heterocycles. The van der Waals surface area contributed by atoms with Gasteiger partial charge in [0.1, 0.15) is 0 Å². The fourth-order valence-electron chi connectivity index (χ4n) is 1.99. The summed E-state index contributed by atoms with van der Waals surface area (Å²) in [5, 5.41) is 6.10. The van der Waals surface area contributed by atoms with Crippen LogP contribution in [0, 0.1) is 5.92 Å². The van der Waals surface area contributed by atoms with Crippen LogP contribution in [-0.2, 0) is 4.74 Å². The third-order valence-electron chi connectivity index (χ3n) is 2.64. The fourth-order valence-corrected chi connectivity index (χ4v) is 1.99. The lowest BCUT2D eigenvalue weighted by Gasteiger charge is -2.17. The molecule has 1 aromatic rings. The largest absolute Gasteiger partial charge is 0.450 e. The minimum atomic E-state index is -0.420. The maximum absolute atomic E-state index is 11.2. The minimum Gasteiger partial charge on any atom is -0.450 e. The van der Waals surface area contributed by atoms with Crippen molar-refractivity contribution in [3.63, 3.8) is 0 Å². The molecule has 19 heavy (non-hydrogen) atoms. The Morgan fingerprint density at radius 1 is 1.16 bits per heavy atom. The zero-order chi connectivity index (χ0) is 14.3. The topological polar surface area (TPSA) is 50.4 Å². The number of ether oxygens (including phenoxy) is 1. The van der Waals surface area contributed by atoms with Gasteiger partial charge in [-0.25, -0.2) is 4.79 Å². The Morgan fingerprint density at radius 3 is 2.26 bits per heavy atom. The van der Waals surface area contributed by atoms with E-state index in [2.05, 4.69) is 31.4 Å². The van der Waals surface area contributed by atoms with Crippen LogP contribution in [0.15, 0.2) is 24.3 Å². The summed E-state index contributed by atoms with van der Waals surface area (Å²) >= 11 is 0. The van der Waals surface area contributed by atoms with Crippen LogP contribution in [0.25, 0.3) is 0 Å². The second kappa shape index (κ2) is 7.67. The molecular weight excluding hydrogens is 240 g/mol. The van der Waals surface area contributed by atoms with Crippen LogP contribution in [0.2, 0.25) is 0 Å². The highest BCUT2D eigenvalue weighted by Gasteiger charge is 2.05. The normalized spacial score (nSPS) is 12.1. The predicted molar refractivity (Wildman–Crippen MR) is 79.6 cm³/mol. The Bertz CT molecular complexity index is 388. The van der Waals surface area contributed by atoms with E-state index in [0.29, 0.717) is 18.6 Å². The van der Waals surface area contributed by atoms with E-state index in [4.69, 9.17) is 4.74 Å². The van der Waals surface area contributed by atoms with Crippen molar-refractivity contribution in [2.45, 2.75) is 40.2 Å². The summed E-state index contributed by atoms with van der Waals surface area (Å²) in [6, 6.07) is 8.07. The van der Waals surface area contributed by atoms with E-state index in [1.54, 1.807) is 6.92 Å². The molecule has 1 unspecified atom stereocenters. The van der Waals surface area contributed by atoms with Crippen molar-refractivity contribution >= 4 is 17.5 Å². The van der Waals surface area contributed by atoms with Crippen molar-refractivity contribution in [2.24, 2.45) is 5.92 Å². The van der Waals surface area contributed by atoms with Gasteiger partial charge in [0.15, 0.2) is 0 Å². The van der Waals surface area contributed by atoms with Crippen molar-refractivity contribution in [1.29, 1.82) is 0 Å². The Kier molecular flexibility index (Phi) is 6.19. The minimum absolute atomic E-state index is 0.373. The average molecular weight is 264 g/mol. The van der Waals surface area contributed by atoms with Crippen LogP contribution >= 0.6 is 0 Å². The zero-order valence-corrected chi connectivity index (χ0v) is 12.2. The predicted octanol–water partition coefficient (Wildman–Crippen LogP) is 4.10. The lowest BCUT2D eigenvalue weighted by molar-refractivity contribution is 0.168. The molecule has 0 saturated heterocycles. The molecular formula is C15H24N2O2. The number of hydrogen-bond acceptors (Lipinski definition) is 3. The van der Waals surface area contributed by atoms with E-state index in [1.807, 2.05) is 24.3 Å². The van der Waals surface area contributed by atoms with Crippen molar-refractivity contribution in [3.05, 3.63) is 24.3 Å². The number of carbonyl (C=O) groups excluding carboxylic acids is 1. The first-order valence-electron chi connectivity index (χ1n) is 6.81. The van der Waals surface area contributed by atoms with Crippen molar-refractivity contribution < 1.29 is 9.53 Å². The summed E-state index contributed by atoms with van der Waals surface area (Å²) in [4.78, 5) is 11.2. The third kappa shape index (κ3) is 6.13. The molecule has 0 radical (unpaired) electrons. The molecule has 4 nitrogen and oxygen atoms in total.